The van der Waals surface area contributed by atoms with Gasteiger partial charge in [0.2, 0.25) is 0 Å². The Morgan fingerprint density at radius 3 is 2.71 bits per heavy atom. The molecule has 1 aromatic rings. The lowest BCUT2D eigenvalue weighted by molar-refractivity contribution is 0.624. The first kappa shape index (κ1) is 14.3. The Morgan fingerprint density at radius 1 is 1.35 bits per heavy atom. The summed E-state index contributed by atoms with van der Waals surface area (Å²) in [5.41, 5.74) is 2.36. The van der Waals surface area contributed by atoms with Crippen LogP contribution in [0.15, 0.2) is 18.5 Å². The first-order valence-electron chi connectivity index (χ1n) is 6.46. The van der Waals surface area contributed by atoms with Crippen molar-refractivity contribution in [2.24, 2.45) is 0 Å². The van der Waals surface area contributed by atoms with Crippen LogP contribution in [0, 0.1) is 0 Å². The molecule has 0 spiro atoms. The molecule has 0 fully saturated rings. The SMILES string of the molecule is CCCCCN(c1ccncc1CCl)C(C)C. The molecule has 0 aliphatic carbocycles. The maximum absolute atomic E-state index is 5.98. The van der Waals surface area contributed by atoms with Gasteiger partial charge in [0.15, 0.2) is 0 Å². The van der Waals surface area contributed by atoms with Crippen molar-refractivity contribution in [1.29, 1.82) is 0 Å². The fourth-order valence-corrected chi connectivity index (χ4v) is 2.20. The Balaban J connectivity index is 2.81. The molecule has 0 aliphatic heterocycles. The van der Waals surface area contributed by atoms with Crippen LogP contribution in [-0.2, 0) is 5.88 Å². The van der Waals surface area contributed by atoms with E-state index >= 15 is 0 Å². The normalized spacial score (nSPS) is 10.9. The maximum atomic E-state index is 5.98. The number of alkyl halides is 1. The lowest BCUT2D eigenvalue weighted by Gasteiger charge is -2.30. The minimum Gasteiger partial charge on any atom is -0.369 e. The molecule has 3 heteroatoms. The molecule has 0 saturated carbocycles. The summed E-state index contributed by atoms with van der Waals surface area (Å²) in [6.45, 7) is 7.78. The van der Waals surface area contributed by atoms with E-state index in [9.17, 15) is 0 Å². The van der Waals surface area contributed by atoms with Crippen LogP contribution in [0.5, 0.6) is 0 Å². The summed E-state index contributed by atoms with van der Waals surface area (Å²) in [6.07, 6.45) is 7.49. The molecule has 0 radical (unpaired) electrons. The first-order chi connectivity index (χ1) is 8.20. The van der Waals surface area contributed by atoms with Gasteiger partial charge in [-0.05, 0) is 26.3 Å². The monoisotopic (exact) mass is 254 g/mol. The smallest absolute Gasteiger partial charge is 0.0509 e. The average molecular weight is 255 g/mol. The Bertz CT molecular complexity index is 326. The highest BCUT2D eigenvalue weighted by atomic mass is 35.5. The van der Waals surface area contributed by atoms with Crippen LogP contribution in [0.1, 0.15) is 45.6 Å². The zero-order valence-corrected chi connectivity index (χ0v) is 11.9. The fourth-order valence-electron chi connectivity index (χ4n) is 1.99. The van der Waals surface area contributed by atoms with Gasteiger partial charge in [-0.1, -0.05) is 19.8 Å². The van der Waals surface area contributed by atoms with Crippen molar-refractivity contribution in [1.82, 2.24) is 4.98 Å². The van der Waals surface area contributed by atoms with Crippen LogP contribution in [-0.4, -0.2) is 17.6 Å². The van der Waals surface area contributed by atoms with E-state index in [1.807, 2.05) is 12.4 Å². The summed E-state index contributed by atoms with van der Waals surface area (Å²) in [6, 6.07) is 2.57. The summed E-state index contributed by atoms with van der Waals surface area (Å²) >= 11 is 5.98. The van der Waals surface area contributed by atoms with Crippen LogP contribution in [0.25, 0.3) is 0 Å². The van der Waals surface area contributed by atoms with Gasteiger partial charge in [0.1, 0.15) is 0 Å². The van der Waals surface area contributed by atoms with Gasteiger partial charge in [-0.15, -0.1) is 11.6 Å². The van der Waals surface area contributed by atoms with Gasteiger partial charge in [0, 0.05) is 36.2 Å². The largest absolute Gasteiger partial charge is 0.369 e. The molecule has 2 nitrogen and oxygen atoms in total. The lowest BCUT2D eigenvalue weighted by Crippen LogP contribution is -2.32. The van der Waals surface area contributed by atoms with E-state index in [0.717, 1.165) is 12.1 Å². The predicted octanol–water partition coefficient (Wildman–Crippen LogP) is 4.23. The molecular weight excluding hydrogens is 232 g/mol. The highest BCUT2D eigenvalue weighted by molar-refractivity contribution is 6.17. The third kappa shape index (κ3) is 4.19. The molecule has 1 aromatic heterocycles. The molecular formula is C14H23ClN2. The molecule has 1 heterocycles. The number of hydrogen-bond donors (Lipinski definition) is 0. The number of nitrogens with zero attached hydrogens (tertiary/aromatic N) is 2. The van der Waals surface area contributed by atoms with Gasteiger partial charge in [0.25, 0.3) is 0 Å². The maximum Gasteiger partial charge on any atom is 0.0509 e. The van der Waals surface area contributed by atoms with Crippen LogP contribution in [0.4, 0.5) is 5.69 Å². The van der Waals surface area contributed by atoms with Gasteiger partial charge >= 0.3 is 0 Å². The molecule has 0 amide bonds. The highest BCUT2D eigenvalue weighted by Gasteiger charge is 2.13. The van der Waals surface area contributed by atoms with Crippen molar-refractivity contribution < 1.29 is 0 Å². The second kappa shape index (κ2) is 7.54. The number of hydrogen-bond acceptors (Lipinski definition) is 2. The quantitative estimate of drug-likeness (QED) is 0.535. The van der Waals surface area contributed by atoms with Crippen molar-refractivity contribution in [2.45, 2.75) is 52.0 Å². The Kier molecular flexibility index (Phi) is 6.35. The van der Waals surface area contributed by atoms with E-state index in [4.69, 9.17) is 11.6 Å². The molecule has 0 bridgehead atoms. The van der Waals surface area contributed by atoms with Gasteiger partial charge in [0.05, 0.1) is 5.88 Å². The summed E-state index contributed by atoms with van der Waals surface area (Å²) in [4.78, 5) is 6.57. The van der Waals surface area contributed by atoms with E-state index in [1.54, 1.807) is 0 Å². The van der Waals surface area contributed by atoms with Crippen molar-refractivity contribution in [2.75, 3.05) is 11.4 Å². The Labute approximate surface area is 110 Å². The number of halogens is 1. The summed E-state index contributed by atoms with van der Waals surface area (Å²) in [5.74, 6) is 0.528. The Morgan fingerprint density at radius 2 is 2.12 bits per heavy atom. The van der Waals surface area contributed by atoms with Crippen molar-refractivity contribution >= 4 is 17.3 Å². The van der Waals surface area contributed by atoms with E-state index in [-0.39, 0.29) is 0 Å². The summed E-state index contributed by atoms with van der Waals surface area (Å²) in [5, 5.41) is 0. The minimum atomic E-state index is 0.497. The second-order valence-corrected chi connectivity index (χ2v) is 4.90. The zero-order chi connectivity index (χ0) is 12.7. The van der Waals surface area contributed by atoms with E-state index in [1.165, 1.54) is 24.9 Å². The third-order valence-electron chi connectivity index (χ3n) is 2.96. The molecule has 1 rings (SSSR count). The minimum absolute atomic E-state index is 0.497. The van der Waals surface area contributed by atoms with Gasteiger partial charge in [-0.3, -0.25) is 4.98 Å². The average Bonchev–Trinajstić information content (AvgIpc) is 2.34. The number of unbranched alkanes of at least 4 members (excludes halogenated alkanes) is 2. The summed E-state index contributed by atoms with van der Waals surface area (Å²) < 4.78 is 0. The van der Waals surface area contributed by atoms with E-state index in [0.29, 0.717) is 11.9 Å². The van der Waals surface area contributed by atoms with Gasteiger partial charge < -0.3 is 4.90 Å². The number of rotatable bonds is 7. The lowest BCUT2D eigenvalue weighted by atomic mass is 10.1. The van der Waals surface area contributed by atoms with Gasteiger partial charge in [-0.2, -0.15) is 0 Å². The number of aromatic nitrogens is 1. The van der Waals surface area contributed by atoms with Crippen molar-refractivity contribution in [3.05, 3.63) is 24.0 Å². The van der Waals surface area contributed by atoms with Crippen LogP contribution < -0.4 is 4.90 Å². The molecule has 0 aliphatic rings. The number of anilines is 1. The summed E-state index contributed by atoms with van der Waals surface area (Å²) in [7, 11) is 0. The molecule has 96 valence electrons. The standard InChI is InChI=1S/C14H23ClN2/c1-4-5-6-9-17(12(2)3)14-7-8-16-11-13(14)10-15/h7-8,11-12H,4-6,9-10H2,1-3H3. The van der Waals surface area contributed by atoms with Crippen molar-refractivity contribution in [3.63, 3.8) is 0 Å². The van der Waals surface area contributed by atoms with Crippen molar-refractivity contribution in [3.8, 4) is 0 Å². The molecule has 0 saturated heterocycles. The fraction of sp³-hybridized carbons (Fsp3) is 0.643. The first-order valence-corrected chi connectivity index (χ1v) is 6.99. The molecule has 17 heavy (non-hydrogen) atoms. The highest BCUT2D eigenvalue weighted by Crippen LogP contribution is 2.23. The molecule has 0 atom stereocenters. The number of pyridine rings is 1. The van der Waals surface area contributed by atoms with Crippen LogP contribution >= 0.6 is 11.6 Å². The Hall–Kier alpha value is -0.760. The zero-order valence-electron chi connectivity index (χ0n) is 11.1. The van der Waals surface area contributed by atoms with Crippen LogP contribution in [0.3, 0.4) is 0 Å². The van der Waals surface area contributed by atoms with Gasteiger partial charge in [-0.25, -0.2) is 0 Å². The molecule has 0 N–H and O–H groups in total. The molecule has 0 aromatic carbocycles. The topological polar surface area (TPSA) is 16.1 Å². The van der Waals surface area contributed by atoms with E-state index in [2.05, 4.69) is 36.7 Å². The van der Waals surface area contributed by atoms with Crippen LogP contribution in [0.2, 0.25) is 0 Å². The third-order valence-corrected chi connectivity index (χ3v) is 3.25. The predicted molar refractivity (Wildman–Crippen MR) is 75.8 cm³/mol. The van der Waals surface area contributed by atoms with E-state index < -0.39 is 0 Å². The molecule has 0 unspecified atom stereocenters. The second-order valence-electron chi connectivity index (χ2n) is 4.63.